The van der Waals surface area contributed by atoms with Crippen LogP contribution in [0.15, 0.2) is 29.3 Å². The lowest BCUT2D eigenvalue weighted by molar-refractivity contribution is -0.139. The van der Waals surface area contributed by atoms with E-state index in [2.05, 4.69) is 10.2 Å². The van der Waals surface area contributed by atoms with Gasteiger partial charge in [0.15, 0.2) is 5.82 Å². The van der Waals surface area contributed by atoms with E-state index in [0.29, 0.717) is 29.9 Å². The molecule has 0 saturated carbocycles. The molecule has 1 aliphatic rings. The first-order chi connectivity index (χ1) is 16.0. The minimum atomic E-state index is -4.95. The van der Waals surface area contributed by atoms with E-state index in [1.807, 2.05) is 13.8 Å². The normalized spacial score (nSPS) is 17.1. The molecule has 34 heavy (non-hydrogen) atoms. The number of hydrogen-bond donors (Lipinski definition) is 0. The van der Waals surface area contributed by atoms with Gasteiger partial charge >= 0.3 is 11.9 Å². The fourth-order valence-electron chi connectivity index (χ4n) is 3.95. The number of alkyl halides is 3. The Morgan fingerprint density at radius 1 is 1.26 bits per heavy atom. The van der Waals surface area contributed by atoms with Gasteiger partial charge in [-0.2, -0.15) is 28.1 Å². The second-order valence-electron chi connectivity index (χ2n) is 8.70. The van der Waals surface area contributed by atoms with Crippen molar-refractivity contribution in [3.05, 3.63) is 57.8 Å². The summed E-state index contributed by atoms with van der Waals surface area (Å²) in [6, 6.07) is 2.12. The van der Waals surface area contributed by atoms with E-state index in [1.165, 1.54) is 10.6 Å². The number of hydrogen-bond acceptors (Lipinski definition) is 5. The minimum absolute atomic E-state index is 0.103. The number of aryl methyl sites for hydroxylation is 1. The van der Waals surface area contributed by atoms with Crippen molar-refractivity contribution in [1.29, 1.82) is 0 Å². The van der Waals surface area contributed by atoms with Crippen LogP contribution in [0.3, 0.4) is 0 Å². The SMILES string of the molecule is Cc1nn(-c2cc(N3CCO[C@@H](C)C3)cc(C(F)(F)F)c2F)c(=O)n1Cc1cnn(C(C)C)c1. The summed E-state index contributed by atoms with van der Waals surface area (Å²) in [6.45, 7) is 8.36. The van der Waals surface area contributed by atoms with Gasteiger partial charge in [0.2, 0.25) is 0 Å². The molecule has 0 unspecified atom stereocenters. The molecule has 12 heteroatoms. The largest absolute Gasteiger partial charge is 0.419 e. The van der Waals surface area contributed by atoms with Crippen LogP contribution in [0.1, 0.15) is 43.8 Å². The van der Waals surface area contributed by atoms with Gasteiger partial charge in [0.05, 0.1) is 31.0 Å². The van der Waals surface area contributed by atoms with Crippen LogP contribution in [-0.4, -0.2) is 49.9 Å². The molecule has 3 heterocycles. The third-order valence-corrected chi connectivity index (χ3v) is 5.75. The summed E-state index contributed by atoms with van der Waals surface area (Å²) in [7, 11) is 0. The molecule has 3 aromatic rings. The molecule has 1 aromatic carbocycles. The van der Waals surface area contributed by atoms with Crippen LogP contribution in [0, 0.1) is 12.7 Å². The van der Waals surface area contributed by atoms with Gasteiger partial charge in [-0.3, -0.25) is 9.25 Å². The molecule has 2 aromatic heterocycles. The lowest BCUT2D eigenvalue weighted by Gasteiger charge is -2.33. The van der Waals surface area contributed by atoms with E-state index < -0.39 is 28.9 Å². The van der Waals surface area contributed by atoms with Gasteiger partial charge in [-0.25, -0.2) is 9.18 Å². The highest BCUT2D eigenvalue weighted by Gasteiger charge is 2.37. The smallest absolute Gasteiger partial charge is 0.375 e. The molecule has 0 bridgehead atoms. The van der Waals surface area contributed by atoms with Crippen LogP contribution in [0.5, 0.6) is 0 Å². The molecule has 0 aliphatic carbocycles. The molecular weight excluding hydrogens is 456 g/mol. The maximum absolute atomic E-state index is 15.1. The van der Waals surface area contributed by atoms with Gasteiger partial charge in [-0.1, -0.05) is 0 Å². The highest BCUT2D eigenvalue weighted by molar-refractivity contribution is 5.57. The Kier molecular flexibility index (Phi) is 6.28. The van der Waals surface area contributed by atoms with Crippen molar-refractivity contribution in [2.75, 3.05) is 24.6 Å². The zero-order chi connectivity index (χ0) is 24.8. The number of ether oxygens (including phenoxy) is 1. The van der Waals surface area contributed by atoms with Crippen molar-refractivity contribution in [2.24, 2.45) is 0 Å². The van der Waals surface area contributed by atoms with Crippen LogP contribution in [0.2, 0.25) is 0 Å². The van der Waals surface area contributed by atoms with E-state index in [1.54, 1.807) is 35.8 Å². The molecule has 1 saturated heterocycles. The number of benzene rings is 1. The Labute approximate surface area is 193 Å². The molecule has 0 amide bonds. The first kappa shape index (κ1) is 24.0. The summed E-state index contributed by atoms with van der Waals surface area (Å²) in [5.74, 6) is -1.31. The molecule has 0 N–H and O–H groups in total. The maximum Gasteiger partial charge on any atom is 0.419 e. The Balaban J connectivity index is 1.79. The summed E-state index contributed by atoms with van der Waals surface area (Å²) in [5.41, 5.74) is -1.87. The molecule has 1 aliphatic heterocycles. The predicted molar refractivity (Wildman–Crippen MR) is 117 cm³/mol. The van der Waals surface area contributed by atoms with Crippen LogP contribution in [0.4, 0.5) is 23.2 Å². The molecule has 1 fully saturated rings. The number of anilines is 1. The van der Waals surface area contributed by atoms with Crippen LogP contribution in [-0.2, 0) is 17.5 Å². The molecule has 184 valence electrons. The van der Waals surface area contributed by atoms with Gasteiger partial charge in [0, 0.05) is 36.6 Å². The third-order valence-electron chi connectivity index (χ3n) is 5.75. The number of halogens is 4. The zero-order valence-electron chi connectivity index (χ0n) is 19.3. The second kappa shape index (κ2) is 8.90. The lowest BCUT2D eigenvalue weighted by atomic mass is 10.1. The van der Waals surface area contributed by atoms with Gasteiger partial charge < -0.3 is 9.64 Å². The van der Waals surface area contributed by atoms with Crippen molar-refractivity contribution in [3.8, 4) is 5.69 Å². The summed E-state index contributed by atoms with van der Waals surface area (Å²) < 4.78 is 65.4. The van der Waals surface area contributed by atoms with E-state index >= 15 is 4.39 Å². The third kappa shape index (κ3) is 4.59. The lowest BCUT2D eigenvalue weighted by Crippen LogP contribution is -2.41. The Morgan fingerprint density at radius 2 is 2.00 bits per heavy atom. The first-order valence-corrected chi connectivity index (χ1v) is 10.9. The number of rotatable bonds is 5. The minimum Gasteiger partial charge on any atom is -0.375 e. The Hall–Kier alpha value is -3.15. The van der Waals surface area contributed by atoms with Crippen LogP contribution in [0.25, 0.3) is 5.69 Å². The molecule has 0 radical (unpaired) electrons. The number of aromatic nitrogens is 5. The van der Waals surface area contributed by atoms with Crippen molar-refractivity contribution in [3.63, 3.8) is 0 Å². The van der Waals surface area contributed by atoms with Crippen LogP contribution >= 0.6 is 0 Å². The molecule has 0 spiro atoms. The molecule has 4 rings (SSSR count). The van der Waals surface area contributed by atoms with Crippen LogP contribution < -0.4 is 10.6 Å². The fraction of sp³-hybridized carbons (Fsp3) is 0.500. The molecule has 1 atom stereocenters. The molecular formula is C22H26F4N6O2. The van der Waals surface area contributed by atoms with E-state index in [4.69, 9.17) is 4.74 Å². The van der Waals surface area contributed by atoms with Gasteiger partial charge in [-0.05, 0) is 39.8 Å². The van der Waals surface area contributed by atoms with E-state index in [0.717, 1.165) is 6.07 Å². The highest BCUT2D eigenvalue weighted by Crippen LogP contribution is 2.37. The molecule has 8 nitrogen and oxygen atoms in total. The summed E-state index contributed by atoms with van der Waals surface area (Å²) in [5, 5.41) is 8.32. The topological polar surface area (TPSA) is 70.1 Å². The van der Waals surface area contributed by atoms with Crippen molar-refractivity contribution >= 4 is 5.69 Å². The van der Waals surface area contributed by atoms with Crippen molar-refractivity contribution in [1.82, 2.24) is 24.1 Å². The summed E-state index contributed by atoms with van der Waals surface area (Å²) >= 11 is 0. The first-order valence-electron chi connectivity index (χ1n) is 10.9. The van der Waals surface area contributed by atoms with Gasteiger partial charge in [0.25, 0.3) is 0 Å². The van der Waals surface area contributed by atoms with E-state index in [9.17, 15) is 18.0 Å². The average Bonchev–Trinajstić information content (AvgIpc) is 3.34. The number of morpholine rings is 1. The van der Waals surface area contributed by atoms with E-state index in [-0.39, 0.29) is 30.2 Å². The Bertz CT molecular complexity index is 1240. The second-order valence-corrected chi connectivity index (χ2v) is 8.70. The van der Waals surface area contributed by atoms with Gasteiger partial charge in [-0.15, -0.1) is 0 Å². The Morgan fingerprint density at radius 3 is 2.62 bits per heavy atom. The quantitative estimate of drug-likeness (QED) is 0.521. The monoisotopic (exact) mass is 482 g/mol. The van der Waals surface area contributed by atoms with Gasteiger partial charge in [0.1, 0.15) is 11.5 Å². The fourth-order valence-corrected chi connectivity index (χ4v) is 3.95. The highest BCUT2D eigenvalue weighted by atomic mass is 19.4. The predicted octanol–water partition coefficient (Wildman–Crippen LogP) is 3.55. The summed E-state index contributed by atoms with van der Waals surface area (Å²) in [4.78, 5) is 14.8. The maximum atomic E-state index is 15.1. The zero-order valence-corrected chi connectivity index (χ0v) is 19.3. The number of nitrogens with zero attached hydrogens (tertiary/aromatic N) is 6. The van der Waals surface area contributed by atoms with Crippen molar-refractivity contribution < 1.29 is 22.3 Å². The van der Waals surface area contributed by atoms with Crippen molar-refractivity contribution in [2.45, 2.75) is 52.6 Å². The average molecular weight is 482 g/mol. The standard InChI is InChI=1S/C22H26F4N6O2/c1-13(2)31-12-16(9-27-31)11-30-15(4)28-32(21(30)33)19-8-17(29-5-6-34-14(3)10-29)7-18(20(19)23)22(24,25)26/h7-9,12-14H,5-6,10-11H2,1-4H3/t14-/m0/s1. The summed E-state index contributed by atoms with van der Waals surface area (Å²) in [6.07, 6.45) is -1.77.